The van der Waals surface area contributed by atoms with E-state index in [0.29, 0.717) is 21.6 Å². The van der Waals surface area contributed by atoms with Gasteiger partial charge in [0.25, 0.3) is 11.8 Å². The second kappa shape index (κ2) is 9.90. The van der Waals surface area contributed by atoms with Gasteiger partial charge in [-0.1, -0.05) is 30.2 Å². The zero-order chi connectivity index (χ0) is 19.9. The molecule has 150 valence electrons. The minimum absolute atomic E-state index is 0.0323. The first-order valence-electron chi connectivity index (χ1n) is 9.02. The summed E-state index contributed by atoms with van der Waals surface area (Å²) in [5.74, 6) is -0.113. The van der Waals surface area contributed by atoms with Gasteiger partial charge < -0.3 is 20.3 Å². The predicted octanol–water partition coefficient (Wildman–Crippen LogP) is 3.65. The van der Waals surface area contributed by atoms with Gasteiger partial charge in [0, 0.05) is 13.1 Å². The number of hydrogen-bond acceptors (Lipinski definition) is 5. The number of nitrogens with one attached hydrogen (secondary N) is 3. The van der Waals surface area contributed by atoms with Crippen molar-refractivity contribution in [2.75, 3.05) is 31.5 Å². The zero-order valence-corrected chi connectivity index (χ0v) is 17.5. The van der Waals surface area contributed by atoms with Crippen LogP contribution in [0.3, 0.4) is 0 Å². The van der Waals surface area contributed by atoms with Gasteiger partial charge in [0.15, 0.2) is 0 Å². The van der Waals surface area contributed by atoms with E-state index in [-0.39, 0.29) is 11.7 Å². The lowest BCUT2D eigenvalue weighted by molar-refractivity contribution is 0.102. The smallest absolute Gasteiger partial charge is 0.388 e. The van der Waals surface area contributed by atoms with Crippen LogP contribution >= 0.6 is 27.5 Å². The summed E-state index contributed by atoms with van der Waals surface area (Å²) in [6.45, 7) is 3.42. The molecule has 2 amide bonds. The normalized spacial score (nSPS) is 14.5. The van der Waals surface area contributed by atoms with E-state index in [1.54, 1.807) is 24.3 Å². The van der Waals surface area contributed by atoms with Crippen LogP contribution in [0.1, 0.15) is 29.6 Å². The summed E-state index contributed by atoms with van der Waals surface area (Å²) in [6.07, 6.45) is 3.07. The summed E-state index contributed by atoms with van der Waals surface area (Å²) in [5, 5.41) is 12.2. The largest absolute Gasteiger partial charge is 0.414 e. The maximum atomic E-state index is 12.3. The van der Waals surface area contributed by atoms with Gasteiger partial charge in [-0.3, -0.25) is 9.89 Å². The lowest BCUT2D eigenvalue weighted by atomic mass is 10.1. The van der Waals surface area contributed by atoms with Gasteiger partial charge in [0.2, 0.25) is 0 Å². The highest BCUT2D eigenvalue weighted by Gasteiger charge is 2.19. The van der Waals surface area contributed by atoms with Crippen molar-refractivity contribution in [1.82, 2.24) is 20.4 Å². The highest BCUT2D eigenvalue weighted by atomic mass is 79.9. The Morgan fingerprint density at radius 1 is 1.25 bits per heavy atom. The fraction of sp³-hybridized carbons (Fsp3) is 0.389. The average Bonchev–Trinajstić information content (AvgIpc) is 3.02. The molecule has 0 aliphatic carbocycles. The Kier molecular flexibility index (Phi) is 7.30. The van der Waals surface area contributed by atoms with Crippen molar-refractivity contribution in [2.24, 2.45) is 0 Å². The molecule has 1 fully saturated rings. The third-order valence-corrected chi connectivity index (χ3v) is 5.43. The number of piperidine rings is 1. The fourth-order valence-electron chi connectivity index (χ4n) is 2.91. The highest BCUT2D eigenvalue weighted by molar-refractivity contribution is 9.10. The van der Waals surface area contributed by atoms with Crippen molar-refractivity contribution in [3.05, 3.63) is 39.3 Å². The molecular weight excluding hydrogens is 450 g/mol. The molecule has 2 aromatic rings. The van der Waals surface area contributed by atoms with E-state index >= 15 is 0 Å². The summed E-state index contributed by atoms with van der Waals surface area (Å²) in [6, 6.07) is 6.68. The van der Waals surface area contributed by atoms with Crippen LogP contribution in [-0.4, -0.2) is 53.3 Å². The number of H-pyrrole nitrogens is 1. The number of carbonyl (C=O) groups excluding carboxylic acids is 2. The van der Waals surface area contributed by atoms with Gasteiger partial charge in [0.05, 0.1) is 10.6 Å². The number of aromatic amines is 1. The van der Waals surface area contributed by atoms with Crippen LogP contribution in [0.5, 0.6) is 5.88 Å². The molecule has 10 heteroatoms. The van der Waals surface area contributed by atoms with Crippen LogP contribution < -0.4 is 15.4 Å². The molecule has 3 N–H and O–H groups in total. The molecule has 1 aliphatic heterocycles. The molecular formula is C18H21BrClN5O3. The van der Waals surface area contributed by atoms with E-state index in [1.807, 2.05) is 0 Å². The number of benzene rings is 1. The Morgan fingerprint density at radius 2 is 2.00 bits per heavy atom. The van der Waals surface area contributed by atoms with Gasteiger partial charge in [0.1, 0.15) is 10.3 Å². The van der Waals surface area contributed by atoms with E-state index in [2.05, 4.69) is 41.7 Å². The second-order valence-corrected chi connectivity index (χ2v) is 7.57. The number of anilines is 1. The molecule has 28 heavy (non-hydrogen) atoms. The second-order valence-electron chi connectivity index (χ2n) is 6.37. The topological polar surface area (TPSA) is 99.3 Å². The number of halogens is 2. The van der Waals surface area contributed by atoms with Crippen LogP contribution in [0.4, 0.5) is 10.6 Å². The number of carbonyl (C=O) groups is 2. The van der Waals surface area contributed by atoms with E-state index in [9.17, 15) is 9.59 Å². The highest BCUT2D eigenvalue weighted by Crippen LogP contribution is 2.30. The maximum Gasteiger partial charge on any atom is 0.414 e. The lowest BCUT2D eigenvalue weighted by Crippen LogP contribution is -2.38. The number of amides is 2. The standard InChI is InChI=1S/C18H21BrClN5O3/c19-14-15(22-16(26)12-6-2-3-7-13(12)20)23-24-17(14)28-18(27)21-8-11-25-9-4-1-5-10-25/h2-3,6-7H,1,4-5,8-11H2,(H,21,27)(H2,22,23,24,26). The number of nitrogens with zero attached hydrogens (tertiary/aromatic N) is 2. The number of hydrogen-bond donors (Lipinski definition) is 3. The minimum atomic E-state index is -0.604. The fourth-order valence-corrected chi connectivity index (χ4v) is 3.49. The van der Waals surface area contributed by atoms with Crippen molar-refractivity contribution in [1.29, 1.82) is 0 Å². The molecule has 0 atom stereocenters. The van der Waals surface area contributed by atoms with Gasteiger partial charge in [-0.05, 0) is 54.0 Å². The van der Waals surface area contributed by atoms with Crippen molar-refractivity contribution in [3.63, 3.8) is 0 Å². The quantitative estimate of drug-likeness (QED) is 0.598. The number of likely N-dealkylation sites (tertiary alicyclic amines) is 1. The summed E-state index contributed by atoms with van der Waals surface area (Å²) in [4.78, 5) is 26.6. The first kappa shape index (κ1) is 20.6. The predicted molar refractivity (Wildman–Crippen MR) is 110 cm³/mol. The molecule has 1 aromatic carbocycles. The first-order valence-corrected chi connectivity index (χ1v) is 10.2. The van der Waals surface area contributed by atoms with Crippen LogP contribution in [0, 0.1) is 0 Å². The molecule has 0 bridgehead atoms. The van der Waals surface area contributed by atoms with E-state index in [0.717, 1.165) is 19.6 Å². The third-order valence-electron chi connectivity index (χ3n) is 4.37. The average molecular weight is 471 g/mol. The summed E-state index contributed by atoms with van der Waals surface area (Å²) in [5.41, 5.74) is 0.323. The third kappa shape index (κ3) is 5.46. The van der Waals surface area contributed by atoms with Crippen LogP contribution in [0.25, 0.3) is 0 Å². The van der Waals surface area contributed by atoms with E-state index in [4.69, 9.17) is 16.3 Å². The number of ether oxygens (including phenoxy) is 1. The van der Waals surface area contributed by atoms with Crippen molar-refractivity contribution < 1.29 is 14.3 Å². The molecule has 1 aromatic heterocycles. The van der Waals surface area contributed by atoms with Crippen LogP contribution in [0.15, 0.2) is 28.7 Å². The summed E-state index contributed by atoms with van der Waals surface area (Å²) < 4.78 is 5.52. The number of aromatic nitrogens is 2. The molecule has 8 nitrogen and oxygen atoms in total. The Hall–Kier alpha value is -2.10. The van der Waals surface area contributed by atoms with Gasteiger partial charge in [-0.15, -0.1) is 5.10 Å². The minimum Gasteiger partial charge on any atom is -0.388 e. The molecule has 0 radical (unpaired) electrons. The van der Waals surface area contributed by atoms with Crippen molar-refractivity contribution >= 4 is 45.3 Å². The van der Waals surface area contributed by atoms with Crippen LogP contribution in [-0.2, 0) is 0 Å². The molecule has 0 unspecified atom stereocenters. The Morgan fingerprint density at radius 3 is 2.75 bits per heavy atom. The molecule has 2 heterocycles. The maximum absolute atomic E-state index is 12.3. The van der Waals surface area contributed by atoms with Crippen molar-refractivity contribution in [2.45, 2.75) is 19.3 Å². The molecule has 3 rings (SSSR count). The van der Waals surface area contributed by atoms with Gasteiger partial charge in [-0.25, -0.2) is 4.79 Å². The lowest BCUT2D eigenvalue weighted by Gasteiger charge is -2.26. The Balaban J connectivity index is 1.50. The molecule has 1 aliphatic rings. The molecule has 0 saturated carbocycles. The van der Waals surface area contributed by atoms with E-state index in [1.165, 1.54) is 19.3 Å². The molecule has 1 saturated heterocycles. The van der Waals surface area contributed by atoms with Gasteiger partial charge >= 0.3 is 6.09 Å². The zero-order valence-electron chi connectivity index (χ0n) is 15.1. The summed E-state index contributed by atoms with van der Waals surface area (Å²) in [7, 11) is 0. The SMILES string of the molecule is O=C(NCCN1CCCCC1)Oc1n[nH]c(NC(=O)c2ccccc2Cl)c1Br. The van der Waals surface area contributed by atoms with Gasteiger partial charge in [-0.2, -0.15) is 0 Å². The summed E-state index contributed by atoms with van der Waals surface area (Å²) >= 11 is 9.30. The monoisotopic (exact) mass is 469 g/mol. The Labute approximate surface area is 176 Å². The molecule has 0 spiro atoms. The first-order chi connectivity index (χ1) is 13.5. The number of rotatable bonds is 6. The van der Waals surface area contributed by atoms with E-state index < -0.39 is 12.0 Å². The van der Waals surface area contributed by atoms with Crippen LogP contribution in [0.2, 0.25) is 5.02 Å². The van der Waals surface area contributed by atoms with Crippen molar-refractivity contribution in [3.8, 4) is 5.88 Å². The Bertz CT molecular complexity index is 838.